The van der Waals surface area contributed by atoms with Crippen LogP contribution in [0.2, 0.25) is 0 Å². The van der Waals surface area contributed by atoms with Gasteiger partial charge < -0.3 is 15.1 Å². The summed E-state index contributed by atoms with van der Waals surface area (Å²) in [4.78, 5) is 31.8. The van der Waals surface area contributed by atoms with Gasteiger partial charge in [-0.1, -0.05) is 24.6 Å². The van der Waals surface area contributed by atoms with Crippen molar-refractivity contribution in [2.24, 2.45) is 5.92 Å². The maximum atomic E-state index is 13.5. The average Bonchev–Trinajstić information content (AvgIpc) is 3.04. The first-order valence-corrected chi connectivity index (χ1v) is 11.2. The minimum atomic E-state index is -0.146. The molecule has 1 aromatic carbocycles. The maximum absolute atomic E-state index is 13.5. The first kappa shape index (κ1) is 20.1. The Kier molecular flexibility index (Phi) is 5.74. The molecule has 1 fully saturated rings. The number of nitrogens with zero attached hydrogens (tertiary/aromatic N) is 2. The third-order valence-corrected chi connectivity index (χ3v) is 7.19. The van der Waals surface area contributed by atoms with E-state index in [2.05, 4.69) is 24.2 Å². The number of fused-ring (bicyclic) bond motifs is 1. The fraction of sp³-hybridized carbons (Fsp3) is 0.478. The summed E-state index contributed by atoms with van der Waals surface area (Å²) in [5.41, 5.74) is 3.58. The maximum Gasteiger partial charge on any atom is 0.257 e. The van der Waals surface area contributed by atoms with Crippen LogP contribution in [-0.4, -0.2) is 54.8 Å². The van der Waals surface area contributed by atoms with E-state index in [1.165, 1.54) is 4.88 Å². The van der Waals surface area contributed by atoms with Crippen molar-refractivity contribution in [3.8, 4) is 0 Å². The topological polar surface area (TPSA) is 52.7 Å². The van der Waals surface area contributed by atoms with Crippen molar-refractivity contribution in [3.05, 3.63) is 51.4 Å². The molecule has 2 amide bonds. The van der Waals surface area contributed by atoms with Crippen LogP contribution in [0.15, 0.2) is 24.3 Å². The van der Waals surface area contributed by atoms with Gasteiger partial charge in [-0.2, -0.15) is 0 Å². The van der Waals surface area contributed by atoms with Gasteiger partial charge in [0.15, 0.2) is 0 Å². The van der Waals surface area contributed by atoms with E-state index >= 15 is 0 Å². The molecule has 0 spiro atoms. The number of amides is 2. The summed E-state index contributed by atoms with van der Waals surface area (Å²) < 4.78 is 0. The van der Waals surface area contributed by atoms with E-state index in [4.69, 9.17) is 0 Å². The quantitative estimate of drug-likeness (QED) is 0.835. The second-order valence-electron chi connectivity index (χ2n) is 8.47. The number of likely N-dealkylation sites (N-methyl/N-ethyl adjacent to an activating group) is 1. The summed E-state index contributed by atoms with van der Waals surface area (Å²) in [5.74, 6) is 0.547. The number of carbonyl (C=O) groups is 2. The van der Waals surface area contributed by atoms with Gasteiger partial charge in [-0.25, -0.2) is 0 Å². The van der Waals surface area contributed by atoms with Crippen molar-refractivity contribution in [1.29, 1.82) is 0 Å². The highest BCUT2D eigenvalue weighted by Crippen LogP contribution is 2.40. The summed E-state index contributed by atoms with van der Waals surface area (Å²) >= 11 is 1.60. The molecule has 1 aromatic heterocycles. The Morgan fingerprint density at radius 1 is 1.17 bits per heavy atom. The van der Waals surface area contributed by atoms with Gasteiger partial charge in [0, 0.05) is 36.6 Å². The number of hydrogen-bond donors (Lipinski definition) is 1. The molecular weight excluding hydrogens is 382 g/mol. The highest BCUT2D eigenvalue weighted by atomic mass is 32.1. The highest BCUT2D eigenvalue weighted by molar-refractivity contribution is 7.17. The van der Waals surface area contributed by atoms with Crippen LogP contribution < -0.4 is 5.32 Å². The molecule has 0 saturated carbocycles. The Morgan fingerprint density at radius 3 is 2.66 bits per heavy atom. The molecule has 1 saturated heterocycles. The van der Waals surface area contributed by atoms with Crippen LogP contribution in [0.25, 0.3) is 0 Å². The number of hydrogen-bond acceptors (Lipinski definition) is 4. The van der Waals surface area contributed by atoms with Gasteiger partial charge in [0.1, 0.15) is 5.00 Å². The molecule has 2 aliphatic rings. The SMILES string of the molecule is Cc1cccc(C(=O)Nc2sc3c(c2C(=O)N2CCN(C)CC2)CC[C@@H](C)C3)c1. The number of aryl methyl sites for hydroxylation is 1. The van der Waals surface area contributed by atoms with E-state index in [0.717, 1.165) is 67.1 Å². The summed E-state index contributed by atoms with van der Waals surface area (Å²) in [6, 6.07) is 7.57. The van der Waals surface area contributed by atoms with Crippen LogP contribution in [0, 0.1) is 12.8 Å². The molecule has 29 heavy (non-hydrogen) atoms. The number of rotatable bonds is 3. The van der Waals surface area contributed by atoms with Crippen LogP contribution in [0.1, 0.15) is 50.1 Å². The van der Waals surface area contributed by atoms with Gasteiger partial charge in [-0.05, 0) is 56.8 Å². The highest BCUT2D eigenvalue weighted by Gasteiger charge is 2.31. The summed E-state index contributed by atoms with van der Waals surface area (Å²) in [7, 11) is 2.09. The zero-order valence-corrected chi connectivity index (χ0v) is 18.3. The second-order valence-corrected chi connectivity index (χ2v) is 9.58. The first-order valence-electron chi connectivity index (χ1n) is 10.4. The van der Waals surface area contributed by atoms with Crippen molar-refractivity contribution in [2.45, 2.75) is 33.1 Å². The van der Waals surface area contributed by atoms with Gasteiger partial charge in [-0.3, -0.25) is 9.59 Å². The molecule has 1 aliphatic carbocycles. The molecule has 0 bridgehead atoms. The largest absolute Gasteiger partial charge is 0.336 e. The molecule has 1 atom stereocenters. The Morgan fingerprint density at radius 2 is 1.93 bits per heavy atom. The summed E-state index contributed by atoms with van der Waals surface area (Å²) in [6.07, 6.45) is 3.00. The van der Waals surface area contributed by atoms with Crippen molar-refractivity contribution in [3.63, 3.8) is 0 Å². The van der Waals surface area contributed by atoms with Gasteiger partial charge in [-0.15, -0.1) is 11.3 Å². The Balaban J connectivity index is 1.66. The van der Waals surface area contributed by atoms with E-state index in [0.29, 0.717) is 11.5 Å². The lowest BCUT2D eigenvalue weighted by Gasteiger charge is -2.33. The number of thiophene rings is 1. The Hall–Kier alpha value is -2.18. The predicted octanol–water partition coefficient (Wildman–Crippen LogP) is 3.82. The fourth-order valence-electron chi connectivity index (χ4n) is 4.19. The van der Waals surface area contributed by atoms with Crippen molar-refractivity contribution < 1.29 is 9.59 Å². The predicted molar refractivity (Wildman–Crippen MR) is 118 cm³/mol. The number of benzene rings is 1. The van der Waals surface area contributed by atoms with Crippen molar-refractivity contribution in [2.75, 3.05) is 38.5 Å². The molecule has 0 radical (unpaired) electrons. The lowest BCUT2D eigenvalue weighted by Crippen LogP contribution is -2.47. The normalized spacial score (nSPS) is 19.7. The molecule has 6 heteroatoms. The average molecular weight is 412 g/mol. The van der Waals surface area contributed by atoms with Crippen LogP contribution in [-0.2, 0) is 12.8 Å². The molecule has 2 heterocycles. The third kappa shape index (κ3) is 4.23. The van der Waals surface area contributed by atoms with E-state index in [9.17, 15) is 9.59 Å². The molecule has 4 rings (SSSR count). The minimum Gasteiger partial charge on any atom is -0.336 e. The van der Waals surface area contributed by atoms with Crippen LogP contribution in [0.3, 0.4) is 0 Å². The van der Waals surface area contributed by atoms with Gasteiger partial charge >= 0.3 is 0 Å². The first-order chi connectivity index (χ1) is 13.9. The van der Waals surface area contributed by atoms with Gasteiger partial charge in [0.25, 0.3) is 11.8 Å². The second kappa shape index (κ2) is 8.28. The zero-order chi connectivity index (χ0) is 20.5. The van der Waals surface area contributed by atoms with E-state index < -0.39 is 0 Å². The minimum absolute atomic E-state index is 0.0738. The van der Waals surface area contributed by atoms with Crippen LogP contribution in [0.4, 0.5) is 5.00 Å². The zero-order valence-electron chi connectivity index (χ0n) is 17.5. The number of nitrogens with one attached hydrogen (secondary N) is 1. The Labute approximate surface area is 176 Å². The number of piperazine rings is 1. The van der Waals surface area contributed by atoms with Crippen molar-refractivity contribution >= 4 is 28.2 Å². The van der Waals surface area contributed by atoms with E-state index in [1.54, 1.807) is 11.3 Å². The number of carbonyl (C=O) groups excluding carboxylic acids is 2. The summed E-state index contributed by atoms with van der Waals surface area (Å²) in [5, 5.41) is 3.80. The molecule has 5 nitrogen and oxygen atoms in total. The standard InChI is InChI=1S/C23H29N3O2S/c1-15-5-4-6-17(13-15)21(27)24-22-20(18-8-7-16(2)14-19(18)29-22)23(28)26-11-9-25(3)10-12-26/h4-6,13,16H,7-12,14H2,1-3H3,(H,24,27)/t16-/m1/s1. The molecule has 0 unspecified atom stereocenters. The molecule has 1 aliphatic heterocycles. The van der Waals surface area contributed by atoms with E-state index in [-0.39, 0.29) is 11.8 Å². The third-order valence-electron chi connectivity index (χ3n) is 6.02. The van der Waals surface area contributed by atoms with Gasteiger partial charge in [0.05, 0.1) is 5.56 Å². The lowest BCUT2D eigenvalue weighted by molar-refractivity contribution is 0.0664. The molecule has 154 valence electrons. The molecular formula is C23H29N3O2S. The van der Waals surface area contributed by atoms with Crippen LogP contribution >= 0.6 is 11.3 Å². The monoisotopic (exact) mass is 411 g/mol. The summed E-state index contributed by atoms with van der Waals surface area (Å²) in [6.45, 7) is 7.49. The molecule has 2 aromatic rings. The molecule has 1 N–H and O–H groups in total. The Bertz CT molecular complexity index is 928. The van der Waals surface area contributed by atoms with Crippen LogP contribution in [0.5, 0.6) is 0 Å². The smallest absolute Gasteiger partial charge is 0.257 e. The van der Waals surface area contributed by atoms with Gasteiger partial charge in [0.2, 0.25) is 0 Å². The fourth-order valence-corrected chi connectivity index (χ4v) is 5.59. The van der Waals surface area contributed by atoms with E-state index in [1.807, 2.05) is 36.1 Å². The number of anilines is 1. The lowest BCUT2D eigenvalue weighted by atomic mass is 9.88. The van der Waals surface area contributed by atoms with Crippen molar-refractivity contribution in [1.82, 2.24) is 9.80 Å².